The zero-order valence-electron chi connectivity index (χ0n) is 17.5. The van der Waals surface area contributed by atoms with E-state index in [2.05, 4.69) is 0 Å². The van der Waals surface area contributed by atoms with Crippen LogP contribution in [0.25, 0.3) is 0 Å². The van der Waals surface area contributed by atoms with Crippen molar-refractivity contribution in [1.82, 2.24) is 0 Å². The molecule has 0 bridgehead atoms. The number of ketones is 1. The number of hydrogen-bond acceptors (Lipinski definition) is 8. The number of carbonyl (C=O) groups excluding carboxylic acids is 2. The van der Waals surface area contributed by atoms with E-state index >= 15 is 0 Å². The first-order chi connectivity index (χ1) is 15.0. The number of benzene rings is 2. The SMILES string of the molecule is CCOc1ccc(C(=O)OCC(=O)/C(C#N)=C2\Sc3ccccc3N2C)cc1OCC. The van der Waals surface area contributed by atoms with Crippen LogP contribution in [-0.4, -0.2) is 38.6 Å². The Bertz CT molecular complexity index is 1070. The molecule has 2 aromatic carbocycles. The van der Waals surface area contributed by atoms with Crippen LogP contribution in [0.3, 0.4) is 0 Å². The van der Waals surface area contributed by atoms with Crippen LogP contribution in [0.2, 0.25) is 0 Å². The average Bonchev–Trinajstić information content (AvgIpc) is 3.10. The molecule has 0 saturated carbocycles. The summed E-state index contributed by atoms with van der Waals surface area (Å²) in [5.41, 5.74) is 1.10. The topological polar surface area (TPSA) is 88.9 Å². The molecule has 3 rings (SSSR count). The fraction of sp³-hybridized carbons (Fsp3) is 0.261. The third kappa shape index (κ3) is 4.84. The van der Waals surface area contributed by atoms with E-state index in [1.165, 1.54) is 17.8 Å². The molecule has 7 nitrogen and oxygen atoms in total. The highest BCUT2D eigenvalue weighted by molar-refractivity contribution is 8.03. The minimum absolute atomic E-state index is 0.0433. The molecule has 0 aliphatic carbocycles. The zero-order valence-corrected chi connectivity index (χ0v) is 18.3. The highest BCUT2D eigenvalue weighted by atomic mass is 32.2. The number of thioether (sulfide) groups is 1. The second-order valence-electron chi connectivity index (χ2n) is 6.45. The van der Waals surface area contributed by atoms with E-state index in [1.807, 2.05) is 44.2 Å². The van der Waals surface area contributed by atoms with Crippen LogP contribution >= 0.6 is 11.8 Å². The molecule has 0 fully saturated rings. The smallest absolute Gasteiger partial charge is 0.338 e. The summed E-state index contributed by atoms with van der Waals surface area (Å²) in [5, 5.41) is 10.1. The molecule has 0 N–H and O–H groups in total. The molecule has 1 heterocycles. The van der Waals surface area contributed by atoms with Crippen LogP contribution < -0.4 is 14.4 Å². The summed E-state index contributed by atoms with van der Waals surface area (Å²) in [7, 11) is 1.79. The van der Waals surface area contributed by atoms with Crippen molar-refractivity contribution in [2.45, 2.75) is 18.7 Å². The number of esters is 1. The monoisotopic (exact) mass is 438 g/mol. The standard InChI is InChI=1S/C23H22N2O5S/c1-4-28-19-11-10-15(12-20(19)29-5-2)23(27)30-14-18(26)16(13-24)22-25(3)17-8-6-7-9-21(17)31-22/h6-12H,4-5,14H2,1-3H3/b22-16-. The van der Waals surface area contributed by atoms with Gasteiger partial charge in [0.25, 0.3) is 0 Å². The predicted octanol–water partition coefficient (Wildman–Crippen LogP) is 4.19. The molecule has 0 unspecified atom stereocenters. The normalized spacial score (nSPS) is 13.8. The van der Waals surface area contributed by atoms with Gasteiger partial charge in [-0.05, 0) is 44.2 Å². The number of para-hydroxylation sites is 1. The van der Waals surface area contributed by atoms with Crippen molar-refractivity contribution in [3.63, 3.8) is 0 Å². The lowest BCUT2D eigenvalue weighted by Crippen LogP contribution is -2.20. The van der Waals surface area contributed by atoms with Gasteiger partial charge < -0.3 is 19.1 Å². The molecule has 0 amide bonds. The van der Waals surface area contributed by atoms with Crippen molar-refractivity contribution < 1.29 is 23.8 Å². The van der Waals surface area contributed by atoms with E-state index in [0.717, 1.165) is 10.6 Å². The minimum atomic E-state index is -0.685. The maximum atomic E-state index is 12.7. The Morgan fingerprint density at radius 2 is 1.77 bits per heavy atom. The first-order valence-electron chi connectivity index (χ1n) is 9.75. The van der Waals surface area contributed by atoms with Crippen LogP contribution in [0.15, 0.2) is 58.0 Å². The first kappa shape index (κ1) is 22.2. The van der Waals surface area contributed by atoms with Crippen LogP contribution in [-0.2, 0) is 9.53 Å². The predicted molar refractivity (Wildman–Crippen MR) is 117 cm³/mol. The molecule has 1 aliphatic heterocycles. The van der Waals surface area contributed by atoms with Crippen molar-refractivity contribution in [2.24, 2.45) is 0 Å². The van der Waals surface area contributed by atoms with Gasteiger partial charge in [-0.15, -0.1) is 0 Å². The minimum Gasteiger partial charge on any atom is -0.490 e. The molecule has 0 spiro atoms. The highest BCUT2D eigenvalue weighted by Crippen LogP contribution is 2.46. The number of nitrogens with zero attached hydrogens (tertiary/aromatic N) is 2. The van der Waals surface area contributed by atoms with Gasteiger partial charge in [0.05, 0.1) is 24.5 Å². The number of anilines is 1. The molecule has 2 aromatic rings. The fourth-order valence-corrected chi connectivity index (χ4v) is 4.18. The number of Topliss-reactive ketones (excluding diaryl/α,β-unsaturated/α-hetero) is 1. The summed E-state index contributed by atoms with van der Waals surface area (Å²) in [4.78, 5) is 27.9. The van der Waals surface area contributed by atoms with Gasteiger partial charge in [-0.25, -0.2) is 4.79 Å². The third-order valence-electron chi connectivity index (χ3n) is 4.46. The van der Waals surface area contributed by atoms with E-state index in [4.69, 9.17) is 14.2 Å². The molecule has 0 radical (unpaired) electrons. The zero-order chi connectivity index (χ0) is 22.4. The second kappa shape index (κ2) is 10.0. The molecular weight excluding hydrogens is 416 g/mol. The van der Waals surface area contributed by atoms with E-state index in [-0.39, 0.29) is 11.1 Å². The van der Waals surface area contributed by atoms with Crippen molar-refractivity contribution >= 4 is 29.2 Å². The maximum Gasteiger partial charge on any atom is 0.338 e. The van der Waals surface area contributed by atoms with Gasteiger partial charge in [0, 0.05) is 11.9 Å². The maximum absolute atomic E-state index is 12.7. The summed E-state index contributed by atoms with van der Waals surface area (Å²) in [6.07, 6.45) is 0. The van der Waals surface area contributed by atoms with E-state index in [1.54, 1.807) is 24.1 Å². The Morgan fingerprint density at radius 1 is 1.06 bits per heavy atom. The molecule has 0 atom stereocenters. The summed E-state index contributed by atoms with van der Waals surface area (Å²) in [5.74, 6) is -0.301. The molecule has 1 aliphatic rings. The number of nitriles is 1. The van der Waals surface area contributed by atoms with Gasteiger partial charge >= 0.3 is 5.97 Å². The number of hydrogen-bond donors (Lipinski definition) is 0. The molecule has 0 saturated heterocycles. The summed E-state index contributed by atoms with van der Waals surface area (Å²) in [6, 6.07) is 14.3. The van der Waals surface area contributed by atoms with Gasteiger partial charge in [0.2, 0.25) is 5.78 Å². The van der Waals surface area contributed by atoms with Gasteiger partial charge in [-0.3, -0.25) is 4.79 Å². The summed E-state index contributed by atoms with van der Waals surface area (Å²) >= 11 is 1.34. The van der Waals surface area contributed by atoms with Gasteiger partial charge in [-0.1, -0.05) is 23.9 Å². The number of rotatable bonds is 8. The molecule has 8 heteroatoms. The largest absolute Gasteiger partial charge is 0.490 e. The molecule has 160 valence electrons. The Balaban J connectivity index is 1.72. The van der Waals surface area contributed by atoms with E-state index < -0.39 is 18.4 Å². The summed E-state index contributed by atoms with van der Waals surface area (Å²) < 4.78 is 16.2. The third-order valence-corrected chi connectivity index (χ3v) is 5.69. The van der Waals surface area contributed by atoms with Gasteiger partial charge in [-0.2, -0.15) is 5.26 Å². The van der Waals surface area contributed by atoms with Crippen molar-refractivity contribution in [3.05, 3.63) is 58.6 Å². The quantitative estimate of drug-likeness (QED) is 0.344. The van der Waals surface area contributed by atoms with E-state index in [9.17, 15) is 14.9 Å². The lowest BCUT2D eigenvalue weighted by atomic mass is 10.2. The number of fused-ring (bicyclic) bond motifs is 1. The van der Waals surface area contributed by atoms with E-state index in [0.29, 0.717) is 29.7 Å². The first-order valence-corrected chi connectivity index (χ1v) is 10.6. The molecular formula is C23H22N2O5S. The number of ether oxygens (including phenoxy) is 3. The van der Waals surface area contributed by atoms with Gasteiger partial charge in [0.1, 0.15) is 16.7 Å². The van der Waals surface area contributed by atoms with Crippen LogP contribution in [0.5, 0.6) is 11.5 Å². The van der Waals surface area contributed by atoms with Crippen molar-refractivity contribution in [2.75, 3.05) is 31.8 Å². The fourth-order valence-electron chi connectivity index (χ4n) is 3.02. The lowest BCUT2D eigenvalue weighted by Gasteiger charge is -2.15. The lowest BCUT2D eigenvalue weighted by molar-refractivity contribution is -0.118. The Labute approximate surface area is 185 Å². The van der Waals surface area contributed by atoms with Crippen LogP contribution in [0, 0.1) is 11.3 Å². The summed E-state index contributed by atoms with van der Waals surface area (Å²) in [6.45, 7) is 4.01. The second-order valence-corrected chi connectivity index (χ2v) is 7.48. The average molecular weight is 439 g/mol. The Hall–Kier alpha value is -3.44. The highest BCUT2D eigenvalue weighted by Gasteiger charge is 2.28. The van der Waals surface area contributed by atoms with Crippen molar-refractivity contribution in [1.29, 1.82) is 5.26 Å². The van der Waals surface area contributed by atoms with Crippen LogP contribution in [0.4, 0.5) is 5.69 Å². The van der Waals surface area contributed by atoms with Crippen LogP contribution in [0.1, 0.15) is 24.2 Å². The number of carbonyl (C=O) groups is 2. The Morgan fingerprint density at radius 3 is 2.45 bits per heavy atom. The Kier molecular flexibility index (Phi) is 7.21. The van der Waals surface area contributed by atoms with Gasteiger partial charge in [0.15, 0.2) is 18.1 Å². The molecule has 0 aromatic heterocycles. The molecule has 31 heavy (non-hydrogen) atoms. The van der Waals surface area contributed by atoms with Crippen molar-refractivity contribution in [3.8, 4) is 17.6 Å².